The van der Waals surface area contributed by atoms with Gasteiger partial charge in [0, 0.05) is 23.9 Å². The molecular weight excluding hydrogens is 318 g/mol. The number of aryl methyl sites for hydroxylation is 1. The van der Waals surface area contributed by atoms with Crippen molar-refractivity contribution in [3.8, 4) is 11.3 Å². The monoisotopic (exact) mass is 337 g/mol. The van der Waals surface area contributed by atoms with E-state index in [1.54, 1.807) is 10.9 Å². The smallest absolute Gasteiger partial charge is 0.293 e. The first-order valence-corrected chi connectivity index (χ1v) is 8.34. The molecule has 0 unspecified atom stereocenters. The summed E-state index contributed by atoms with van der Waals surface area (Å²) in [6.07, 6.45) is 0.962. The molecule has 0 spiro atoms. The number of fused-ring (bicyclic) bond motifs is 2. The molecule has 4 rings (SSSR count). The summed E-state index contributed by atoms with van der Waals surface area (Å²) in [6, 6.07) is 7.27. The largest absolute Gasteiger partial charge is 0.349 e. The lowest BCUT2D eigenvalue weighted by Crippen LogP contribution is -2.16. The van der Waals surface area contributed by atoms with Crippen LogP contribution >= 0.6 is 0 Å². The normalized spacial score (nSPS) is 12.0. The Morgan fingerprint density at radius 1 is 1.28 bits per heavy atom. The van der Waals surface area contributed by atoms with E-state index in [2.05, 4.69) is 31.5 Å². The lowest BCUT2D eigenvalue weighted by atomic mass is 9.93. The Bertz CT molecular complexity index is 1020. The fourth-order valence-corrected chi connectivity index (χ4v) is 3.35. The van der Waals surface area contributed by atoms with Crippen LogP contribution in [-0.4, -0.2) is 21.4 Å². The van der Waals surface area contributed by atoms with E-state index in [4.69, 9.17) is 5.10 Å². The van der Waals surface area contributed by atoms with Crippen molar-refractivity contribution in [2.45, 2.75) is 27.2 Å². The number of nitrogens with zero attached hydrogens (tertiary/aromatic N) is 3. The van der Waals surface area contributed by atoms with Gasteiger partial charge in [0.1, 0.15) is 11.4 Å². The number of nitro groups is 1. The zero-order chi connectivity index (χ0) is 17.7. The van der Waals surface area contributed by atoms with Crippen LogP contribution in [0.15, 0.2) is 24.3 Å². The van der Waals surface area contributed by atoms with E-state index < -0.39 is 0 Å². The number of nitro benzene ring substituents is 1. The molecule has 7 heteroatoms. The van der Waals surface area contributed by atoms with Crippen LogP contribution in [0.25, 0.3) is 22.2 Å². The predicted molar refractivity (Wildman–Crippen MR) is 99.1 cm³/mol. The molecule has 2 heterocycles. The Balaban J connectivity index is 2.08. The van der Waals surface area contributed by atoms with E-state index >= 15 is 0 Å². The molecule has 0 radical (unpaired) electrons. The molecule has 1 aliphatic rings. The Hall–Kier alpha value is -3.09. The van der Waals surface area contributed by atoms with Gasteiger partial charge in [-0.3, -0.25) is 10.1 Å². The highest BCUT2D eigenvalue weighted by Crippen LogP contribution is 2.48. The van der Waals surface area contributed by atoms with E-state index in [0.29, 0.717) is 5.69 Å². The third-order valence-corrected chi connectivity index (χ3v) is 4.77. The molecule has 2 aromatic carbocycles. The molecule has 1 aromatic heterocycles. The second kappa shape index (κ2) is 5.47. The summed E-state index contributed by atoms with van der Waals surface area (Å²) in [5.74, 6) is 0. The first kappa shape index (κ1) is 15.4. The molecule has 25 heavy (non-hydrogen) atoms. The van der Waals surface area contributed by atoms with Crippen LogP contribution in [-0.2, 0) is 0 Å². The van der Waals surface area contributed by atoms with Gasteiger partial charge in [-0.1, -0.05) is 13.0 Å². The molecule has 7 nitrogen and oxygen atoms in total. The van der Waals surface area contributed by atoms with Gasteiger partial charge >= 0.3 is 0 Å². The van der Waals surface area contributed by atoms with Gasteiger partial charge in [-0.05, 0) is 43.5 Å². The molecule has 0 aliphatic carbocycles. The molecule has 0 saturated carbocycles. The summed E-state index contributed by atoms with van der Waals surface area (Å²) in [4.78, 5) is 12.9. The van der Waals surface area contributed by atoms with Crippen molar-refractivity contribution in [1.29, 1.82) is 0 Å². The van der Waals surface area contributed by atoms with Crippen molar-refractivity contribution >= 4 is 28.0 Å². The van der Waals surface area contributed by atoms with Crippen LogP contribution in [0.5, 0.6) is 0 Å². The van der Waals surface area contributed by atoms with Gasteiger partial charge in [-0.25, -0.2) is 0 Å². The van der Waals surface area contributed by atoms with Gasteiger partial charge in [0.25, 0.3) is 5.69 Å². The summed E-state index contributed by atoms with van der Waals surface area (Å²) in [7, 11) is 0. The molecule has 0 bridgehead atoms. The Labute approximate surface area is 144 Å². The first-order valence-electron chi connectivity index (χ1n) is 8.34. The number of hydrogen-bond acceptors (Lipinski definition) is 5. The molecule has 3 aromatic rings. The molecule has 128 valence electrons. The van der Waals surface area contributed by atoms with Gasteiger partial charge in [0.05, 0.1) is 15.8 Å². The summed E-state index contributed by atoms with van der Waals surface area (Å²) < 4.78 is 0. The second-order valence-electron chi connectivity index (χ2n) is 6.33. The highest BCUT2D eigenvalue weighted by Gasteiger charge is 2.30. The van der Waals surface area contributed by atoms with Crippen molar-refractivity contribution < 1.29 is 4.92 Å². The van der Waals surface area contributed by atoms with Gasteiger partial charge in [-0.15, -0.1) is 0 Å². The molecule has 0 saturated heterocycles. The molecule has 1 aliphatic heterocycles. The van der Waals surface area contributed by atoms with E-state index in [1.807, 2.05) is 12.1 Å². The van der Waals surface area contributed by atoms with E-state index in [9.17, 15) is 10.1 Å². The minimum Gasteiger partial charge on any atom is -0.349 e. The Morgan fingerprint density at radius 3 is 2.80 bits per heavy atom. The Morgan fingerprint density at radius 2 is 2.08 bits per heavy atom. The van der Waals surface area contributed by atoms with Crippen LogP contribution < -0.4 is 10.7 Å². The maximum Gasteiger partial charge on any atom is 0.293 e. The molecular formula is C18H19N5O2. The highest BCUT2D eigenvalue weighted by molar-refractivity contribution is 6.12. The molecule has 0 amide bonds. The van der Waals surface area contributed by atoms with Gasteiger partial charge in [0.2, 0.25) is 0 Å². The quantitative estimate of drug-likeness (QED) is 0.430. The van der Waals surface area contributed by atoms with Gasteiger partial charge < -0.3 is 10.7 Å². The fourth-order valence-electron chi connectivity index (χ4n) is 3.35. The highest BCUT2D eigenvalue weighted by atomic mass is 16.6. The molecule has 0 fully saturated rings. The van der Waals surface area contributed by atoms with Crippen molar-refractivity contribution in [3.63, 3.8) is 0 Å². The molecule has 0 atom stereocenters. The lowest BCUT2D eigenvalue weighted by molar-refractivity contribution is -0.383. The fraction of sp³-hybridized carbons (Fsp3) is 0.278. The average molecular weight is 337 g/mol. The Kier molecular flexibility index (Phi) is 3.38. The van der Waals surface area contributed by atoms with Crippen molar-refractivity contribution in [2.24, 2.45) is 0 Å². The maximum atomic E-state index is 11.5. The van der Waals surface area contributed by atoms with Crippen LogP contribution in [0.1, 0.15) is 24.5 Å². The van der Waals surface area contributed by atoms with E-state index in [0.717, 1.165) is 46.4 Å². The van der Waals surface area contributed by atoms with Crippen molar-refractivity contribution in [3.05, 3.63) is 45.5 Å². The average Bonchev–Trinajstić information content (AvgIpc) is 2.96. The number of hydrogen-bond donors (Lipinski definition) is 2. The predicted octanol–water partition coefficient (Wildman–Crippen LogP) is 4.24. The third kappa shape index (κ3) is 2.15. The summed E-state index contributed by atoms with van der Waals surface area (Å²) in [5.41, 5.74) is 9.62. The minimum atomic E-state index is -0.353. The van der Waals surface area contributed by atoms with E-state index in [1.165, 1.54) is 11.6 Å². The van der Waals surface area contributed by atoms with E-state index in [-0.39, 0.29) is 10.6 Å². The minimum absolute atomic E-state index is 0.0627. The zero-order valence-electron chi connectivity index (χ0n) is 14.4. The van der Waals surface area contributed by atoms with Crippen LogP contribution in [0.3, 0.4) is 0 Å². The third-order valence-electron chi connectivity index (χ3n) is 4.77. The topological polar surface area (TPSA) is 85.0 Å². The molecule has 2 N–H and O–H groups in total. The summed E-state index contributed by atoms with van der Waals surface area (Å²) in [5, 5.41) is 20.3. The number of anilines is 2. The SMILES string of the molecule is CCCNn1nc2c3c(c([N+](=O)[O-])ccc31)Nc1ccc(C)c(C)c1-2. The summed E-state index contributed by atoms with van der Waals surface area (Å²) in [6.45, 7) is 6.97. The maximum absolute atomic E-state index is 11.5. The number of aromatic nitrogens is 2. The summed E-state index contributed by atoms with van der Waals surface area (Å²) >= 11 is 0. The van der Waals surface area contributed by atoms with Gasteiger partial charge in [0.15, 0.2) is 0 Å². The van der Waals surface area contributed by atoms with Crippen LogP contribution in [0, 0.1) is 24.0 Å². The zero-order valence-corrected chi connectivity index (χ0v) is 14.4. The lowest BCUT2D eigenvalue weighted by Gasteiger charge is -2.20. The number of nitrogens with one attached hydrogen (secondary N) is 2. The number of benzene rings is 2. The van der Waals surface area contributed by atoms with Crippen molar-refractivity contribution in [1.82, 2.24) is 9.89 Å². The number of rotatable bonds is 4. The second-order valence-corrected chi connectivity index (χ2v) is 6.33. The first-order chi connectivity index (χ1) is 12.0. The van der Waals surface area contributed by atoms with Gasteiger partial charge in [-0.2, -0.15) is 9.89 Å². The standard InChI is InChI=1S/C18H19N5O2/c1-4-9-19-22-13-7-8-14(23(24)25)17-16(13)18(21-22)15-11(3)10(2)5-6-12(15)20-17/h5-8,19-20H,4,9H2,1-3H3. The van der Waals surface area contributed by atoms with Crippen LogP contribution in [0.4, 0.5) is 17.1 Å². The van der Waals surface area contributed by atoms with Crippen molar-refractivity contribution in [2.75, 3.05) is 17.3 Å². The van der Waals surface area contributed by atoms with Crippen LogP contribution in [0.2, 0.25) is 0 Å².